The normalized spacial score (nSPS) is 10.1. The molecule has 108 valence electrons. The number of nitrogens with two attached hydrogens (primary N) is 1. The Hall–Kier alpha value is -1.83. The molecule has 1 aromatic carbocycles. The standard InChI is InChI=1S/C16H22N2O2/c1-13(2)20-12-11-18(3)16(19)15-9-5-4-7-14(15)8-6-10-17/h4-5,7,9,13H,10-12,17H2,1-3H3. The molecule has 4 heteroatoms. The molecule has 0 saturated carbocycles. The van der Waals surface area contributed by atoms with Crippen molar-refractivity contribution in [2.45, 2.75) is 20.0 Å². The van der Waals surface area contributed by atoms with Crippen LogP contribution in [0.1, 0.15) is 29.8 Å². The zero-order valence-corrected chi connectivity index (χ0v) is 12.3. The van der Waals surface area contributed by atoms with Crippen LogP contribution in [0, 0.1) is 11.8 Å². The predicted octanol–water partition coefficient (Wildman–Crippen LogP) is 1.49. The van der Waals surface area contributed by atoms with Gasteiger partial charge in [-0.1, -0.05) is 24.0 Å². The van der Waals surface area contributed by atoms with Gasteiger partial charge in [-0.25, -0.2) is 0 Å². The Morgan fingerprint density at radius 2 is 2.10 bits per heavy atom. The summed E-state index contributed by atoms with van der Waals surface area (Å²) in [7, 11) is 1.76. The minimum atomic E-state index is -0.0562. The Morgan fingerprint density at radius 1 is 1.40 bits per heavy atom. The summed E-state index contributed by atoms with van der Waals surface area (Å²) < 4.78 is 5.46. The molecule has 0 aliphatic heterocycles. The molecule has 1 aromatic rings. The van der Waals surface area contributed by atoms with Crippen molar-refractivity contribution in [1.29, 1.82) is 0 Å². The number of nitrogens with zero attached hydrogens (tertiary/aromatic N) is 1. The first-order valence-corrected chi connectivity index (χ1v) is 6.71. The van der Waals surface area contributed by atoms with Crippen molar-refractivity contribution in [3.63, 3.8) is 0 Å². The molecule has 0 radical (unpaired) electrons. The van der Waals surface area contributed by atoms with Crippen molar-refractivity contribution >= 4 is 5.91 Å². The van der Waals surface area contributed by atoms with Crippen LogP contribution in [0.2, 0.25) is 0 Å². The van der Waals surface area contributed by atoms with Crippen molar-refractivity contribution in [3.8, 4) is 11.8 Å². The van der Waals surface area contributed by atoms with E-state index in [0.29, 0.717) is 24.3 Å². The maximum atomic E-state index is 12.4. The lowest BCUT2D eigenvalue weighted by Gasteiger charge is -2.18. The van der Waals surface area contributed by atoms with Crippen molar-refractivity contribution < 1.29 is 9.53 Å². The average Bonchev–Trinajstić information content (AvgIpc) is 2.44. The van der Waals surface area contributed by atoms with E-state index in [1.165, 1.54) is 0 Å². The van der Waals surface area contributed by atoms with Gasteiger partial charge in [0.15, 0.2) is 0 Å². The van der Waals surface area contributed by atoms with E-state index in [9.17, 15) is 4.79 Å². The summed E-state index contributed by atoms with van der Waals surface area (Å²) in [6, 6.07) is 7.30. The molecule has 1 amide bonds. The highest BCUT2D eigenvalue weighted by molar-refractivity contribution is 5.96. The Balaban J connectivity index is 2.76. The van der Waals surface area contributed by atoms with Gasteiger partial charge in [0, 0.05) is 19.2 Å². The molecule has 0 aromatic heterocycles. The van der Waals surface area contributed by atoms with Crippen LogP contribution in [0.25, 0.3) is 0 Å². The van der Waals surface area contributed by atoms with Crippen LogP contribution in [0.3, 0.4) is 0 Å². The van der Waals surface area contributed by atoms with Gasteiger partial charge in [0.25, 0.3) is 5.91 Å². The number of hydrogen-bond donors (Lipinski definition) is 1. The molecule has 0 fully saturated rings. The van der Waals surface area contributed by atoms with E-state index >= 15 is 0 Å². The lowest BCUT2D eigenvalue weighted by Crippen LogP contribution is -2.31. The third kappa shape index (κ3) is 5.04. The largest absolute Gasteiger partial charge is 0.377 e. The summed E-state index contributed by atoms with van der Waals surface area (Å²) in [5, 5.41) is 0. The molecule has 2 N–H and O–H groups in total. The number of amides is 1. The zero-order valence-electron chi connectivity index (χ0n) is 12.3. The highest BCUT2D eigenvalue weighted by Gasteiger charge is 2.14. The SMILES string of the molecule is CC(C)OCCN(C)C(=O)c1ccccc1C#CCN. The van der Waals surface area contributed by atoms with E-state index in [0.717, 1.165) is 0 Å². The van der Waals surface area contributed by atoms with Crippen molar-refractivity contribution in [1.82, 2.24) is 4.90 Å². The minimum absolute atomic E-state index is 0.0562. The van der Waals surface area contributed by atoms with Gasteiger partial charge < -0.3 is 15.4 Å². The average molecular weight is 274 g/mol. The van der Waals surface area contributed by atoms with Gasteiger partial charge in [0.2, 0.25) is 0 Å². The van der Waals surface area contributed by atoms with Crippen molar-refractivity contribution in [2.24, 2.45) is 5.73 Å². The summed E-state index contributed by atoms with van der Waals surface area (Å²) in [6.07, 6.45) is 0.168. The van der Waals surface area contributed by atoms with E-state index in [1.54, 1.807) is 18.0 Å². The van der Waals surface area contributed by atoms with E-state index < -0.39 is 0 Å². The topological polar surface area (TPSA) is 55.6 Å². The first-order valence-electron chi connectivity index (χ1n) is 6.71. The molecular weight excluding hydrogens is 252 g/mol. The molecule has 0 bridgehead atoms. The fourth-order valence-corrected chi connectivity index (χ4v) is 1.66. The van der Waals surface area contributed by atoms with Crippen LogP contribution in [-0.2, 0) is 4.74 Å². The summed E-state index contributed by atoms with van der Waals surface area (Å²) in [5.74, 6) is 5.65. The molecule has 0 heterocycles. The van der Waals surface area contributed by atoms with Gasteiger partial charge in [0.05, 0.1) is 24.8 Å². The van der Waals surface area contributed by atoms with Gasteiger partial charge in [-0.15, -0.1) is 0 Å². The highest BCUT2D eigenvalue weighted by atomic mass is 16.5. The maximum absolute atomic E-state index is 12.4. The van der Waals surface area contributed by atoms with E-state index in [2.05, 4.69) is 11.8 Å². The second-order valence-corrected chi connectivity index (χ2v) is 4.70. The number of benzene rings is 1. The Bertz CT molecular complexity index is 501. The van der Waals surface area contributed by atoms with Gasteiger partial charge in [0.1, 0.15) is 0 Å². The molecule has 1 rings (SSSR count). The number of rotatable bonds is 5. The van der Waals surface area contributed by atoms with Gasteiger partial charge in [-0.2, -0.15) is 0 Å². The van der Waals surface area contributed by atoms with Crippen molar-refractivity contribution in [3.05, 3.63) is 35.4 Å². The number of carbonyl (C=O) groups is 1. The number of ether oxygens (including phenoxy) is 1. The minimum Gasteiger partial charge on any atom is -0.377 e. The van der Waals surface area contributed by atoms with Gasteiger partial charge in [-0.05, 0) is 26.0 Å². The number of hydrogen-bond acceptors (Lipinski definition) is 3. The Morgan fingerprint density at radius 3 is 2.75 bits per heavy atom. The van der Waals surface area contributed by atoms with Crippen LogP contribution >= 0.6 is 0 Å². The fraction of sp³-hybridized carbons (Fsp3) is 0.438. The summed E-state index contributed by atoms with van der Waals surface area (Å²) >= 11 is 0. The molecule has 4 nitrogen and oxygen atoms in total. The molecular formula is C16H22N2O2. The molecule has 0 atom stereocenters. The monoisotopic (exact) mass is 274 g/mol. The van der Waals surface area contributed by atoms with Gasteiger partial charge >= 0.3 is 0 Å². The molecule has 0 saturated heterocycles. The van der Waals surface area contributed by atoms with Crippen LogP contribution < -0.4 is 5.73 Å². The van der Waals surface area contributed by atoms with Crippen molar-refractivity contribution in [2.75, 3.05) is 26.7 Å². The first-order chi connectivity index (χ1) is 9.56. The third-order valence-electron chi connectivity index (χ3n) is 2.71. The zero-order chi connectivity index (χ0) is 15.0. The first kappa shape index (κ1) is 16.2. The van der Waals surface area contributed by atoms with Crippen LogP contribution in [0.5, 0.6) is 0 Å². The molecule has 0 spiro atoms. The lowest BCUT2D eigenvalue weighted by molar-refractivity contribution is 0.0532. The van der Waals surface area contributed by atoms with Crippen LogP contribution in [0.15, 0.2) is 24.3 Å². The summed E-state index contributed by atoms with van der Waals surface area (Å²) in [6.45, 7) is 5.30. The summed E-state index contributed by atoms with van der Waals surface area (Å²) in [4.78, 5) is 14.0. The molecule has 0 aliphatic carbocycles. The second-order valence-electron chi connectivity index (χ2n) is 4.70. The summed E-state index contributed by atoms with van der Waals surface area (Å²) in [5.41, 5.74) is 6.68. The Kier molecular flexibility index (Phi) is 6.78. The maximum Gasteiger partial charge on any atom is 0.254 e. The van der Waals surface area contributed by atoms with E-state index in [-0.39, 0.29) is 18.6 Å². The number of carbonyl (C=O) groups excluding carboxylic acids is 1. The molecule has 20 heavy (non-hydrogen) atoms. The number of likely N-dealkylation sites (N-methyl/N-ethyl adjacent to an activating group) is 1. The van der Waals surface area contributed by atoms with E-state index in [1.807, 2.05) is 32.0 Å². The quantitative estimate of drug-likeness (QED) is 0.828. The third-order valence-corrected chi connectivity index (χ3v) is 2.71. The van der Waals surface area contributed by atoms with Gasteiger partial charge in [-0.3, -0.25) is 4.79 Å². The highest BCUT2D eigenvalue weighted by Crippen LogP contribution is 2.10. The van der Waals surface area contributed by atoms with E-state index in [4.69, 9.17) is 10.5 Å². The lowest BCUT2D eigenvalue weighted by atomic mass is 10.1. The second kappa shape index (κ2) is 8.36. The molecule has 0 unspecified atom stereocenters. The molecule has 0 aliphatic rings. The van der Waals surface area contributed by atoms with Crippen LogP contribution in [0.4, 0.5) is 0 Å². The Labute approximate surface area is 120 Å². The van der Waals surface area contributed by atoms with Crippen LogP contribution in [-0.4, -0.2) is 43.7 Å². The predicted molar refractivity (Wildman–Crippen MR) is 80.4 cm³/mol. The fourth-order valence-electron chi connectivity index (χ4n) is 1.66. The smallest absolute Gasteiger partial charge is 0.254 e.